The first-order valence-corrected chi connectivity index (χ1v) is 7.97. The van der Waals surface area contributed by atoms with Gasteiger partial charge in [0.25, 0.3) is 0 Å². The van der Waals surface area contributed by atoms with Crippen LogP contribution in [-0.4, -0.2) is 10.8 Å². The molecule has 2 aromatic rings. The van der Waals surface area contributed by atoms with Crippen molar-refractivity contribution in [2.24, 2.45) is 0 Å². The highest BCUT2D eigenvalue weighted by Gasteiger charge is 2.36. The average molecular weight is 311 g/mol. The highest BCUT2D eigenvalue weighted by molar-refractivity contribution is 7.80. The van der Waals surface area contributed by atoms with Gasteiger partial charge in [-0.25, -0.2) is 5.43 Å². The molecule has 1 saturated heterocycles. The molecule has 3 nitrogen and oxygen atoms in total. The van der Waals surface area contributed by atoms with E-state index in [4.69, 9.17) is 12.2 Å². The summed E-state index contributed by atoms with van der Waals surface area (Å²) in [7, 11) is 0. The van der Waals surface area contributed by atoms with Crippen LogP contribution in [0.2, 0.25) is 0 Å². The Balaban J connectivity index is 1.68. The van der Waals surface area contributed by atoms with Gasteiger partial charge in [0, 0.05) is 0 Å². The molecule has 2 N–H and O–H groups in total. The SMILES string of the molecule is Cc1ccc(N2N[C@@](C)(CCc3ccccc3)NC2=S)cc1. The predicted octanol–water partition coefficient (Wildman–Crippen LogP) is 3.54. The summed E-state index contributed by atoms with van der Waals surface area (Å²) in [6.07, 6.45) is 1.96. The molecule has 0 unspecified atom stereocenters. The van der Waals surface area contributed by atoms with Crippen LogP contribution >= 0.6 is 12.2 Å². The van der Waals surface area contributed by atoms with E-state index in [1.54, 1.807) is 0 Å². The van der Waals surface area contributed by atoms with Gasteiger partial charge in [0.05, 0.1) is 5.69 Å². The second-order valence-corrected chi connectivity index (χ2v) is 6.42. The quantitative estimate of drug-likeness (QED) is 0.845. The maximum atomic E-state index is 5.49. The number of thiocarbonyl (C=S) groups is 1. The first-order chi connectivity index (χ1) is 10.6. The summed E-state index contributed by atoms with van der Waals surface area (Å²) in [6.45, 7) is 4.23. The summed E-state index contributed by atoms with van der Waals surface area (Å²) >= 11 is 5.49. The minimum atomic E-state index is -0.224. The first kappa shape index (κ1) is 15.0. The predicted molar refractivity (Wildman–Crippen MR) is 95.7 cm³/mol. The zero-order valence-corrected chi connectivity index (χ0v) is 13.8. The Hall–Kier alpha value is -1.91. The summed E-state index contributed by atoms with van der Waals surface area (Å²) < 4.78 is 0. The molecule has 0 aliphatic carbocycles. The summed E-state index contributed by atoms with van der Waals surface area (Å²) in [6, 6.07) is 18.9. The summed E-state index contributed by atoms with van der Waals surface area (Å²) in [5, 5.41) is 6.09. The van der Waals surface area contributed by atoms with E-state index in [0.29, 0.717) is 0 Å². The van der Waals surface area contributed by atoms with Gasteiger partial charge in [-0.3, -0.25) is 5.01 Å². The van der Waals surface area contributed by atoms with E-state index in [1.807, 2.05) is 11.1 Å². The van der Waals surface area contributed by atoms with Crippen molar-refractivity contribution in [2.75, 3.05) is 5.01 Å². The van der Waals surface area contributed by atoms with E-state index in [-0.39, 0.29) is 5.66 Å². The molecular formula is C18H21N3S. The zero-order valence-electron chi connectivity index (χ0n) is 13.0. The van der Waals surface area contributed by atoms with Gasteiger partial charge in [-0.15, -0.1) is 0 Å². The lowest BCUT2D eigenvalue weighted by Gasteiger charge is -2.25. The largest absolute Gasteiger partial charge is 0.342 e. The molecule has 1 fully saturated rings. The Morgan fingerprint density at radius 1 is 1.05 bits per heavy atom. The number of hydrazine groups is 1. The number of benzene rings is 2. The first-order valence-electron chi connectivity index (χ1n) is 7.56. The zero-order chi connectivity index (χ0) is 15.6. The third-order valence-corrected chi connectivity index (χ3v) is 4.28. The van der Waals surface area contributed by atoms with Crippen LogP contribution in [-0.2, 0) is 6.42 Å². The van der Waals surface area contributed by atoms with Crippen molar-refractivity contribution in [1.29, 1.82) is 0 Å². The molecule has 1 atom stereocenters. The molecule has 1 aliphatic rings. The average Bonchev–Trinajstić information content (AvgIpc) is 2.83. The van der Waals surface area contributed by atoms with Crippen molar-refractivity contribution in [2.45, 2.75) is 32.4 Å². The lowest BCUT2D eigenvalue weighted by Crippen LogP contribution is -2.48. The van der Waals surface area contributed by atoms with Gasteiger partial charge < -0.3 is 5.32 Å². The van der Waals surface area contributed by atoms with Crippen LogP contribution < -0.4 is 15.8 Å². The van der Waals surface area contributed by atoms with Crippen molar-refractivity contribution < 1.29 is 0 Å². The molecule has 22 heavy (non-hydrogen) atoms. The summed E-state index contributed by atoms with van der Waals surface area (Å²) in [4.78, 5) is 0. The second kappa shape index (κ2) is 6.07. The van der Waals surface area contributed by atoms with Gasteiger partial charge in [-0.2, -0.15) is 0 Å². The van der Waals surface area contributed by atoms with Crippen molar-refractivity contribution in [3.63, 3.8) is 0 Å². The molecule has 2 aromatic carbocycles. The smallest absolute Gasteiger partial charge is 0.189 e. The third kappa shape index (κ3) is 3.29. The van der Waals surface area contributed by atoms with E-state index in [1.165, 1.54) is 11.1 Å². The van der Waals surface area contributed by atoms with E-state index >= 15 is 0 Å². The number of rotatable bonds is 4. The molecule has 0 spiro atoms. The van der Waals surface area contributed by atoms with Gasteiger partial charge >= 0.3 is 0 Å². The second-order valence-electron chi connectivity index (χ2n) is 6.03. The van der Waals surface area contributed by atoms with Crippen LogP contribution in [0.25, 0.3) is 0 Å². The fraction of sp³-hybridized carbons (Fsp3) is 0.278. The minimum Gasteiger partial charge on any atom is -0.342 e. The summed E-state index contributed by atoms with van der Waals surface area (Å²) in [5.41, 5.74) is 6.93. The normalized spacial score (nSPS) is 21.0. The van der Waals surface area contributed by atoms with Gasteiger partial charge in [0.1, 0.15) is 5.66 Å². The maximum Gasteiger partial charge on any atom is 0.189 e. The van der Waals surface area contributed by atoms with Crippen molar-refractivity contribution in [3.05, 3.63) is 65.7 Å². The molecule has 114 valence electrons. The van der Waals surface area contributed by atoms with Gasteiger partial charge in [0.15, 0.2) is 5.11 Å². The minimum absolute atomic E-state index is 0.224. The standard InChI is InChI=1S/C18H21N3S/c1-14-8-10-16(11-9-14)21-17(22)19-18(2,20-21)13-12-15-6-4-3-5-7-15/h3-11,20H,12-13H2,1-2H3,(H,19,22)/t18-/m0/s1. The van der Waals surface area contributed by atoms with E-state index in [2.05, 4.69) is 73.1 Å². The molecule has 1 aliphatic heterocycles. The lowest BCUT2D eigenvalue weighted by molar-refractivity contribution is 0.348. The van der Waals surface area contributed by atoms with Gasteiger partial charge in [-0.1, -0.05) is 48.0 Å². The molecule has 4 heteroatoms. The van der Waals surface area contributed by atoms with Crippen LogP contribution in [0.1, 0.15) is 24.5 Å². The lowest BCUT2D eigenvalue weighted by atomic mass is 10.0. The van der Waals surface area contributed by atoms with Crippen molar-refractivity contribution in [1.82, 2.24) is 10.7 Å². The molecule has 0 bridgehead atoms. The molecule has 1 heterocycles. The Kier molecular flexibility index (Phi) is 4.14. The summed E-state index contributed by atoms with van der Waals surface area (Å²) in [5.74, 6) is 0. The fourth-order valence-electron chi connectivity index (χ4n) is 2.65. The topological polar surface area (TPSA) is 27.3 Å². The van der Waals surface area contributed by atoms with Gasteiger partial charge in [-0.05, 0) is 56.6 Å². The molecular weight excluding hydrogens is 290 g/mol. The van der Waals surface area contributed by atoms with Crippen LogP contribution in [0.5, 0.6) is 0 Å². The molecule has 3 rings (SSSR count). The van der Waals surface area contributed by atoms with Crippen molar-refractivity contribution >= 4 is 23.0 Å². The van der Waals surface area contributed by atoms with Crippen LogP contribution in [0.3, 0.4) is 0 Å². The number of nitrogens with zero attached hydrogens (tertiary/aromatic N) is 1. The number of hydrogen-bond acceptors (Lipinski definition) is 2. The van der Waals surface area contributed by atoms with E-state index < -0.39 is 0 Å². The molecule has 0 radical (unpaired) electrons. The number of hydrogen-bond donors (Lipinski definition) is 2. The highest BCUT2D eigenvalue weighted by atomic mass is 32.1. The number of nitrogens with one attached hydrogen (secondary N) is 2. The number of aryl methyl sites for hydroxylation is 2. The Morgan fingerprint density at radius 3 is 2.41 bits per heavy atom. The Morgan fingerprint density at radius 2 is 1.73 bits per heavy atom. The molecule has 0 aromatic heterocycles. The third-order valence-electron chi connectivity index (χ3n) is 3.99. The maximum absolute atomic E-state index is 5.49. The van der Waals surface area contributed by atoms with E-state index in [0.717, 1.165) is 23.6 Å². The fourth-order valence-corrected chi connectivity index (χ4v) is 3.03. The number of anilines is 1. The highest BCUT2D eigenvalue weighted by Crippen LogP contribution is 2.22. The Labute approximate surface area is 137 Å². The van der Waals surface area contributed by atoms with Crippen LogP contribution in [0.15, 0.2) is 54.6 Å². The van der Waals surface area contributed by atoms with E-state index in [9.17, 15) is 0 Å². The monoisotopic (exact) mass is 311 g/mol. The van der Waals surface area contributed by atoms with Crippen molar-refractivity contribution in [3.8, 4) is 0 Å². The Bertz CT molecular complexity index is 654. The van der Waals surface area contributed by atoms with Gasteiger partial charge in [0.2, 0.25) is 0 Å². The molecule has 0 saturated carbocycles. The van der Waals surface area contributed by atoms with Crippen LogP contribution in [0, 0.1) is 6.92 Å². The molecule has 0 amide bonds. The van der Waals surface area contributed by atoms with Crippen LogP contribution in [0.4, 0.5) is 5.69 Å².